The van der Waals surface area contributed by atoms with Gasteiger partial charge in [-0.3, -0.25) is 0 Å². The van der Waals surface area contributed by atoms with Crippen molar-refractivity contribution in [1.29, 1.82) is 0 Å². The average Bonchev–Trinajstić information content (AvgIpc) is 2.38. The first-order valence-electron chi connectivity index (χ1n) is 6.48. The molecule has 0 heterocycles. The topological polar surface area (TPSA) is 0 Å². The maximum absolute atomic E-state index is 14.1. The van der Waals surface area contributed by atoms with Crippen LogP contribution in [0, 0.1) is 12.7 Å². The SMILES string of the molecule is CCc1cccc(F)c1[C@H](C)c1ccccc1C. The lowest BCUT2D eigenvalue weighted by Crippen LogP contribution is -2.05. The van der Waals surface area contributed by atoms with Crippen LogP contribution in [0.4, 0.5) is 4.39 Å². The van der Waals surface area contributed by atoms with Crippen LogP contribution in [0.2, 0.25) is 0 Å². The Balaban J connectivity index is 2.52. The Hall–Kier alpha value is -1.63. The van der Waals surface area contributed by atoms with E-state index in [2.05, 4.69) is 32.9 Å². The molecule has 0 saturated heterocycles. The van der Waals surface area contributed by atoms with E-state index in [0.29, 0.717) is 0 Å². The molecule has 0 bridgehead atoms. The summed E-state index contributed by atoms with van der Waals surface area (Å²) in [7, 11) is 0. The predicted octanol–water partition coefficient (Wildman–Crippen LogP) is 4.85. The molecule has 0 aliphatic carbocycles. The fourth-order valence-electron chi connectivity index (χ4n) is 2.60. The fraction of sp³-hybridized carbons (Fsp3) is 0.294. The summed E-state index contributed by atoms with van der Waals surface area (Å²) in [6, 6.07) is 13.6. The molecule has 94 valence electrons. The first kappa shape index (κ1) is 12.8. The van der Waals surface area contributed by atoms with Crippen molar-refractivity contribution in [2.75, 3.05) is 0 Å². The number of rotatable bonds is 3. The molecule has 0 unspecified atom stereocenters. The van der Waals surface area contributed by atoms with E-state index in [4.69, 9.17) is 0 Å². The van der Waals surface area contributed by atoms with E-state index >= 15 is 0 Å². The largest absolute Gasteiger partial charge is 0.207 e. The summed E-state index contributed by atoms with van der Waals surface area (Å²) in [5, 5.41) is 0. The van der Waals surface area contributed by atoms with Crippen LogP contribution in [0.15, 0.2) is 42.5 Å². The minimum atomic E-state index is -0.0925. The van der Waals surface area contributed by atoms with Crippen LogP contribution in [-0.4, -0.2) is 0 Å². The summed E-state index contributed by atoms with van der Waals surface area (Å²) in [4.78, 5) is 0. The summed E-state index contributed by atoms with van der Waals surface area (Å²) in [5.74, 6) is 0.00690. The molecule has 0 aliphatic heterocycles. The van der Waals surface area contributed by atoms with Gasteiger partial charge in [-0.2, -0.15) is 0 Å². The molecule has 0 saturated carbocycles. The van der Waals surface area contributed by atoms with Crippen LogP contribution in [0.3, 0.4) is 0 Å². The second-order valence-electron chi connectivity index (χ2n) is 4.74. The van der Waals surface area contributed by atoms with Crippen LogP contribution >= 0.6 is 0 Å². The van der Waals surface area contributed by atoms with Crippen molar-refractivity contribution in [1.82, 2.24) is 0 Å². The lowest BCUT2D eigenvalue weighted by atomic mass is 9.86. The minimum Gasteiger partial charge on any atom is -0.207 e. The molecule has 1 atom stereocenters. The molecule has 0 aromatic heterocycles. The zero-order valence-electron chi connectivity index (χ0n) is 11.2. The van der Waals surface area contributed by atoms with Gasteiger partial charge in [0.05, 0.1) is 0 Å². The maximum atomic E-state index is 14.1. The molecule has 0 aliphatic rings. The van der Waals surface area contributed by atoms with Gasteiger partial charge in [0.25, 0.3) is 0 Å². The monoisotopic (exact) mass is 242 g/mol. The van der Waals surface area contributed by atoms with Gasteiger partial charge in [-0.1, -0.05) is 50.2 Å². The highest BCUT2D eigenvalue weighted by atomic mass is 19.1. The summed E-state index contributed by atoms with van der Waals surface area (Å²) in [6.45, 7) is 6.24. The highest BCUT2D eigenvalue weighted by Crippen LogP contribution is 2.31. The van der Waals surface area contributed by atoms with Crippen molar-refractivity contribution in [2.45, 2.75) is 33.1 Å². The molecule has 18 heavy (non-hydrogen) atoms. The molecule has 0 N–H and O–H groups in total. The maximum Gasteiger partial charge on any atom is 0.127 e. The zero-order chi connectivity index (χ0) is 13.1. The predicted molar refractivity (Wildman–Crippen MR) is 74.5 cm³/mol. The standard InChI is InChI=1S/C17H19F/c1-4-14-9-7-11-16(18)17(14)13(3)15-10-6-5-8-12(15)2/h5-11,13H,4H2,1-3H3/t13-/m1/s1. The first-order valence-corrected chi connectivity index (χ1v) is 6.48. The van der Waals surface area contributed by atoms with Crippen molar-refractivity contribution in [3.63, 3.8) is 0 Å². The molecule has 0 fully saturated rings. The number of halogens is 1. The molecule has 0 spiro atoms. The normalized spacial score (nSPS) is 12.4. The molecule has 1 heteroatoms. The lowest BCUT2D eigenvalue weighted by Gasteiger charge is -2.19. The smallest absolute Gasteiger partial charge is 0.127 e. The molecule has 2 rings (SSSR count). The van der Waals surface area contributed by atoms with Crippen LogP contribution in [0.25, 0.3) is 0 Å². The van der Waals surface area contributed by atoms with Gasteiger partial charge in [0.1, 0.15) is 5.82 Å². The summed E-state index contributed by atoms with van der Waals surface area (Å²) < 4.78 is 14.1. The summed E-state index contributed by atoms with van der Waals surface area (Å²) >= 11 is 0. The van der Waals surface area contributed by atoms with Gasteiger partial charge in [-0.25, -0.2) is 4.39 Å². The highest BCUT2D eigenvalue weighted by Gasteiger charge is 2.17. The Bertz CT molecular complexity index is 543. The molecular weight excluding hydrogens is 223 g/mol. The number of aryl methyl sites for hydroxylation is 2. The second kappa shape index (κ2) is 5.34. The van der Waals surface area contributed by atoms with Crippen molar-refractivity contribution >= 4 is 0 Å². The Morgan fingerprint density at radius 2 is 1.78 bits per heavy atom. The van der Waals surface area contributed by atoms with Gasteiger partial charge >= 0.3 is 0 Å². The third-order valence-corrected chi connectivity index (χ3v) is 3.61. The Morgan fingerprint density at radius 1 is 1.06 bits per heavy atom. The van der Waals surface area contributed by atoms with Gasteiger partial charge in [0.15, 0.2) is 0 Å². The van der Waals surface area contributed by atoms with Gasteiger partial charge in [-0.05, 0) is 41.7 Å². The third kappa shape index (κ3) is 2.31. The Labute approximate surface area is 108 Å². The van der Waals surface area contributed by atoms with Gasteiger partial charge in [0, 0.05) is 5.92 Å². The quantitative estimate of drug-likeness (QED) is 0.722. The van der Waals surface area contributed by atoms with E-state index in [-0.39, 0.29) is 11.7 Å². The average molecular weight is 242 g/mol. The second-order valence-corrected chi connectivity index (χ2v) is 4.74. The highest BCUT2D eigenvalue weighted by molar-refractivity contribution is 5.41. The first-order chi connectivity index (χ1) is 8.65. The van der Waals surface area contributed by atoms with E-state index in [9.17, 15) is 4.39 Å². The molecule has 2 aromatic rings. The fourth-order valence-corrected chi connectivity index (χ4v) is 2.60. The molecule has 0 radical (unpaired) electrons. The minimum absolute atomic E-state index is 0.0925. The molecule has 0 nitrogen and oxygen atoms in total. The Morgan fingerprint density at radius 3 is 2.44 bits per heavy atom. The third-order valence-electron chi connectivity index (χ3n) is 3.61. The van der Waals surface area contributed by atoms with E-state index < -0.39 is 0 Å². The summed E-state index contributed by atoms with van der Waals surface area (Å²) in [5.41, 5.74) is 4.37. The van der Waals surface area contributed by atoms with E-state index in [1.807, 2.05) is 18.2 Å². The van der Waals surface area contributed by atoms with Crippen LogP contribution in [0.5, 0.6) is 0 Å². The number of hydrogen-bond acceptors (Lipinski definition) is 0. The van der Waals surface area contributed by atoms with E-state index in [1.165, 1.54) is 11.1 Å². The van der Waals surface area contributed by atoms with E-state index in [0.717, 1.165) is 17.5 Å². The van der Waals surface area contributed by atoms with E-state index in [1.54, 1.807) is 12.1 Å². The lowest BCUT2D eigenvalue weighted by molar-refractivity contribution is 0.598. The van der Waals surface area contributed by atoms with Crippen molar-refractivity contribution < 1.29 is 4.39 Å². The van der Waals surface area contributed by atoms with Crippen molar-refractivity contribution in [2.24, 2.45) is 0 Å². The van der Waals surface area contributed by atoms with Crippen LogP contribution in [0.1, 0.15) is 42.0 Å². The van der Waals surface area contributed by atoms with Gasteiger partial charge < -0.3 is 0 Å². The van der Waals surface area contributed by atoms with Crippen molar-refractivity contribution in [3.8, 4) is 0 Å². The molecule has 2 aromatic carbocycles. The number of hydrogen-bond donors (Lipinski definition) is 0. The Kier molecular flexibility index (Phi) is 3.81. The number of benzene rings is 2. The van der Waals surface area contributed by atoms with Crippen molar-refractivity contribution in [3.05, 3.63) is 70.5 Å². The molecular formula is C17H19F. The van der Waals surface area contributed by atoms with Gasteiger partial charge in [-0.15, -0.1) is 0 Å². The van der Waals surface area contributed by atoms with Crippen LogP contribution < -0.4 is 0 Å². The molecule has 0 amide bonds. The zero-order valence-corrected chi connectivity index (χ0v) is 11.2. The van der Waals surface area contributed by atoms with Crippen LogP contribution in [-0.2, 0) is 6.42 Å². The van der Waals surface area contributed by atoms with Gasteiger partial charge in [0.2, 0.25) is 0 Å². The summed E-state index contributed by atoms with van der Waals surface area (Å²) in [6.07, 6.45) is 0.864.